The van der Waals surface area contributed by atoms with Crippen molar-refractivity contribution in [1.29, 1.82) is 0 Å². The normalized spacial score (nSPS) is 20.4. The van der Waals surface area contributed by atoms with E-state index in [1.165, 1.54) is 4.90 Å². The van der Waals surface area contributed by atoms with Gasteiger partial charge in [-0.05, 0) is 25.3 Å². The van der Waals surface area contributed by atoms with Gasteiger partial charge >= 0.3 is 0 Å². The number of carbonyl (C=O) groups excluding carboxylic acids is 3. The van der Waals surface area contributed by atoms with Gasteiger partial charge in [-0.25, -0.2) is 0 Å². The predicted octanol–water partition coefficient (Wildman–Crippen LogP) is 3.96. The van der Waals surface area contributed by atoms with Crippen LogP contribution in [-0.2, 0) is 14.3 Å². The molecule has 0 aliphatic carbocycles. The summed E-state index contributed by atoms with van der Waals surface area (Å²) in [5.41, 5.74) is 1.68. The molecule has 2 amide bonds. The topological polar surface area (TPSA) is 70.2 Å². The average molecular weight is 492 g/mol. The van der Waals surface area contributed by atoms with E-state index in [0.717, 1.165) is 25.9 Å². The summed E-state index contributed by atoms with van der Waals surface area (Å²) in [7, 11) is 3.37. The van der Waals surface area contributed by atoms with Crippen molar-refractivity contribution in [2.45, 2.75) is 44.8 Å². The van der Waals surface area contributed by atoms with Gasteiger partial charge in [0.2, 0.25) is 5.91 Å². The maximum absolute atomic E-state index is 14.0. The number of hydrogen-bond donors (Lipinski definition) is 0. The largest absolute Gasteiger partial charge is 0.376 e. The van der Waals surface area contributed by atoms with Crippen molar-refractivity contribution in [3.63, 3.8) is 0 Å². The molecule has 1 saturated heterocycles. The second kappa shape index (κ2) is 13.0. The number of methoxy groups -OCH3 is 1. The molecular weight excluding hydrogens is 454 g/mol. The number of Topliss-reactive ketones (excluding diaryl/α,β-unsaturated/α-hetero) is 1. The third kappa shape index (κ3) is 6.40. The lowest BCUT2D eigenvalue weighted by molar-refractivity contribution is -0.137. The maximum atomic E-state index is 14.0. The van der Waals surface area contributed by atoms with Gasteiger partial charge in [-0.15, -0.1) is 0 Å². The number of amides is 2. The standard InChI is InChI=1S/C29H37N3O4/c1-5-7-9-16-23(6-2)32(21-26(33)22-14-10-8-11-15-22)28(34)24-20-30(3)25(19-27(24)36-4)29(35)31-17-12-13-18-31/h5,7-11,14-16,20,25,27H,1,6,12-13,17-19,21H2,2-4H3/b9-7-,23-16+. The Morgan fingerprint density at radius 1 is 1.14 bits per heavy atom. The highest BCUT2D eigenvalue weighted by Crippen LogP contribution is 2.28. The molecule has 2 heterocycles. The van der Waals surface area contributed by atoms with Crippen LogP contribution in [0.15, 0.2) is 78.7 Å². The molecule has 0 N–H and O–H groups in total. The van der Waals surface area contributed by atoms with E-state index in [4.69, 9.17) is 4.74 Å². The molecule has 0 aromatic heterocycles. The summed E-state index contributed by atoms with van der Waals surface area (Å²) in [5.74, 6) is -0.387. The summed E-state index contributed by atoms with van der Waals surface area (Å²) in [5, 5.41) is 0. The highest BCUT2D eigenvalue weighted by Gasteiger charge is 2.39. The van der Waals surface area contributed by atoms with E-state index in [-0.39, 0.29) is 30.2 Å². The van der Waals surface area contributed by atoms with Crippen molar-refractivity contribution < 1.29 is 19.1 Å². The molecule has 2 unspecified atom stereocenters. The highest BCUT2D eigenvalue weighted by atomic mass is 16.5. The zero-order valence-corrected chi connectivity index (χ0v) is 21.6. The minimum absolute atomic E-state index is 0.0691. The highest BCUT2D eigenvalue weighted by molar-refractivity contribution is 6.03. The summed E-state index contributed by atoms with van der Waals surface area (Å²) in [6.07, 6.45) is 11.2. The van der Waals surface area contributed by atoms with E-state index in [2.05, 4.69) is 6.58 Å². The van der Waals surface area contributed by atoms with Gasteiger partial charge in [0.25, 0.3) is 5.91 Å². The Bertz CT molecular complexity index is 1040. The molecular formula is C29H37N3O4. The molecule has 7 heteroatoms. The maximum Gasteiger partial charge on any atom is 0.258 e. The summed E-state index contributed by atoms with van der Waals surface area (Å²) >= 11 is 0. The summed E-state index contributed by atoms with van der Waals surface area (Å²) in [4.78, 5) is 45.4. The molecule has 0 spiro atoms. The number of rotatable bonds is 10. The van der Waals surface area contributed by atoms with Gasteiger partial charge in [-0.2, -0.15) is 0 Å². The first-order chi connectivity index (χ1) is 17.4. The molecule has 1 aromatic rings. The first-order valence-electron chi connectivity index (χ1n) is 12.5. The second-order valence-corrected chi connectivity index (χ2v) is 9.07. The minimum atomic E-state index is -0.554. The number of benzene rings is 1. The van der Waals surface area contributed by atoms with Crippen molar-refractivity contribution in [1.82, 2.24) is 14.7 Å². The number of likely N-dealkylation sites (tertiary alicyclic amines) is 1. The van der Waals surface area contributed by atoms with E-state index in [0.29, 0.717) is 29.7 Å². The molecule has 0 bridgehead atoms. The van der Waals surface area contributed by atoms with Gasteiger partial charge in [-0.1, -0.05) is 62.1 Å². The molecule has 3 rings (SSSR count). The minimum Gasteiger partial charge on any atom is -0.376 e. The fraction of sp³-hybridized carbons (Fsp3) is 0.414. The first kappa shape index (κ1) is 27.1. The third-order valence-electron chi connectivity index (χ3n) is 6.74. The Balaban J connectivity index is 1.93. The number of ketones is 1. The van der Waals surface area contributed by atoms with Gasteiger partial charge in [0.05, 0.1) is 18.2 Å². The Morgan fingerprint density at radius 3 is 2.44 bits per heavy atom. The Hall–Kier alpha value is -3.45. The smallest absolute Gasteiger partial charge is 0.258 e. The van der Waals surface area contributed by atoms with Crippen LogP contribution in [-0.4, -0.2) is 78.2 Å². The molecule has 192 valence electrons. The van der Waals surface area contributed by atoms with Crippen LogP contribution in [0.1, 0.15) is 43.0 Å². The van der Waals surface area contributed by atoms with Crippen molar-refractivity contribution in [2.24, 2.45) is 0 Å². The molecule has 0 saturated carbocycles. The fourth-order valence-electron chi connectivity index (χ4n) is 4.69. The number of hydrogen-bond acceptors (Lipinski definition) is 5. The van der Waals surface area contributed by atoms with Gasteiger partial charge in [0.15, 0.2) is 5.78 Å². The average Bonchev–Trinajstić information content (AvgIpc) is 3.45. The lowest BCUT2D eigenvalue weighted by Gasteiger charge is -2.38. The van der Waals surface area contributed by atoms with Gasteiger partial charge in [0.1, 0.15) is 6.04 Å². The van der Waals surface area contributed by atoms with Crippen LogP contribution in [0.25, 0.3) is 0 Å². The quantitative estimate of drug-likeness (QED) is 0.366. The summed E-state index contributed by atoms with van der Waals surface area (Å²) in [6.45, 7) is 7.08. The number of ether oxygens (including phenoxy) is 1. The van der Waals surface area contributed by atoms with Gasteiger partial charge in [-0.3, -0.25) is 14.4 Å². The zero-order chi connectivity index (χ0) is 26.1. The van der Waals surface area contributed by atoms with E-state index in [1.54, 1.807) is 55.8 Å². The monoisotopic (exact) mass is 491 g/mol. The number of allylic oxidation sites excluding steroid dienone is 5. The second-order valence-electron chi connectivity index (χ2n) is 9.07. The molecule has 0 radical (unpaired) electrons. The van der Waals surface area contributed by atoms with Crippen molar-refractivity contribution in [3.05, 3.63) is 84.2 Å². The zero-order valence-electron chi connectivity index (χ0n) is 21.6. The molecule has 36 heavy (non-hydrogen) atoms. The van der Waals surface area contributed by atoms with E-state index in [9.17, 15) is 14.4 Å². The van der Waals surface area contributed by atoms with Crippen LogP contribution >= 0.6 is 0 Å². The number of likely N-dealkylation sites (N-methyl/N-ethyl adjacent to an activating group) is 1. The van der Waals surface area contributed by atoms with Crippen molar-refractivity contribution in [3.8, 4) is 0 Å². The first-order valence-corrected chi connectivity index (χ1v) is 12.5. The number of carbonyl (C=O) groups is 3. The van der Waals surface area contributed by atoms with Crippen LogP contribution in [0.3, 0.4) is 0 Å². The molecule has 1 aromatic carbocycles. The SMILES string of the molecule is C=C/C=C\C=C(/CC)N(CC(=O)c1ccccc1)C(=O)C1=CN(C)C(C(=O)N2CCCC2)CC1OC. The summed E-state index contributed by atoms with van der Waals surface area (Å²) < 4.78 is 5.72. The third-order valence-corrected chi connectivity index (χ3v) is 6.74. The summed E-state index contributed by atoms with van der Waals surface area (Å²) in [6, 6.07) is 8.57. The molecule has 1 fully saturated rings. The molecule has 2 atom stereocenters. The van der Waals surface area contributed by atoms with E-state index in [1.807, 2.05) is 35.9 Å². The molecule has 2 aliphatic rings. The Labute approximate surface area is 214 Å². The number of nitrogens with zero attached hydrogens (tertiary/aromatic N) is 3. The molecule has 2 aliphatic heterocycles. The lowest BCUT2D eigenvalue weighted by Crippen LogP contribution is -2.51. The van der Waals surface area contributed by atoms with Crippen LogP contribution in [0.5, 0.6) is 0 Å². The van der Waals surface area contributed by atoms with Gasteiger partial charge < -0.3 is 19.4 Å². The van der Waals surface area contributed by atoms with Crippen molar-refractivity contribution >= 4 is 17.6 Å². The van der Waals surface area contributed by atoms with Crippen molar-refractivity contribution in [2.75, 3.05) is 33.8 Å². The Kier molecular flexibility index (Phi) is 9.82. The van der Waals surface area contributed by atoms with Crippen LogP contribution in [0, 0.1) is 0 Å². The van der Waals surface area contributed by atoms with Crippen LogP contribution < -0.4 is 0 Å². The molecule has 7 nitrogen and oxygen atoms in total. The lowest BCUT2D eigenvalue weighted by atomic mass is 9.95. The fourth-order valence-corrected chi connectivity index (χ4v) is 4.69. The van der Waals surface area contributed by atoms with Gasteiger partial charge in [0, 0.05) is 51.1 Å². The predicted molar refractivity (Wildman–Crippen MR) is 141 cm³/mol. The Morgan fingerprint density at radius 2 is 1.83 bits per heavy atom. The van der Waals surface area contributed by atoms with Crippen LogP contribution in [0.2, 0.25) is 0 Å². The van der Waals surface area contributed by atoms with E-state index >= 15 is 0 Å². The van der Waals surface area contributed by atoms with Crippen LogP contribution in [0.4, 0.5) is 0 Å². The van der Waals surface area contributed by atoms with E-state index < -0.39 is 6.10 Å².